The quantitative estimate of drug-likeness (QED) is 0.823. The van der Waals surface area contributed by atoms with E-state index in [4.69, 9.17) is 9.47 Å². The zero-order valence-electron chi connectivity index (χ0n) is 13.1. The number of halogens is 1. The van der Waals surface area contributed by atoms with Crippen LogP contribution in [0.5, 0.6) is 11.5 Å². The Balaban J connectivity index is 1.87. The van der Waals surface area contributed by atoms with Crippen molar-refractivity contribution in [3.8, 4) is 11.5 Å². The molecule has 0 aliphatic carbocycles. The van der Waals surface area contributed by atoms with Gasteiger partial charge in [0.1, 0.15) is 11.5 Å². The summed E-state index contributed by atoms with van der Waals surface area (Å²) in [5, 5.41) is 2.89. The number of rotatable bonds is 4. The van der Waals surface area contributed by atoms with E-state index in [-0.39, 0.29) is 5.91 Å². The summed E-state index contributed by atoms with van der Waals surface area (Å²) in [5.41, 5.74) is 1.97. The smallest absolute Gasteiger partial charge is 0.255 e. The summed E-state index contributed by atoms with van der Waals surface area (Å²) in [4.78, 5) is 12.6. The van der Waals surface area contributed by atoms with E-state index in [1.54, 1.807) is 12.2 Å². The van der Waals surface area contributed by atoms with Crippen molar-refractivity contribution >= 4 is 33.6 Å². The molecule has 24 heavy (non-hydrogen) atoms. The van der Waals surface area contributed by atoms with Gasteiger partial charge in [0.15, 0.2) is 0 Å². The number of fused-ring (bicyclic) bond motifs is 1. The summed E-state index contributed by atoms with van der Waals surface area (Å²) in [6.07, 6.45) is 4.95. The van der Waals surface area contributed by atoms with Crippen LogP contribution >= 0.6 is 15.9 Å². The van der Waals surface area contributed by atoms with Crippen LogP contribution in [0.3, 0.4) is 0 Å². The SMILES string of the molecule is CCOc1ccccc1NC(=O)C1=Cc2cc(Br)ccc2OC=C1. The average Bonchev–Trinajstić information content (AvgIpc) is 2.78. The highest BCUT2D eigenvalue weighted by Crippen LogP contribution is 2.29. The lowest BCUT2D eigenvalue weighted by Crippen LogP contribution is -2.14. The summed E-state index contributed by atoms with van der Waals surface area (Å²) in [6, 6.07) is 13.0. The Labute approximate surface area is 148 Å². The van der Waals surface area contributed by atoms with Crippen molar-refractivity contribution in [2.75, 3.05) is 11.9 Å². The Kier molecular flexibility index (Phi) is 5.01. The van der Waals surface area contributed by atoms with E-state index in [2.05, 4.69) is 21.2 Å². The number of carbonyl (C=O) groups is 1. The van der Waals surface area contributed by atoms with Gasteiger partial charge in [-0.25, -0.2) is 0 Å². The molecule has 4 nitrogen and oxygen atoms in total. The first-order chi connectivity index (χ1) is 11.7. The van der Waals surface area contributed by atoms with E-state index in [0.717, 1.165) is 10.0 Å². The molecule has 5 heteroatoms. The first-order valence-corrected chi connectivity index (χ1v) is 8.34. The van der Waals surface area contributed by atoms with Gasteiger partial charge in [-0.05, 0) is 49.4 Å². The minimum absolute atomic E-state index is 0.227. The minimum Gasteiger partial charge on any atom is -0.492 e. The number of anilines is 1. The molecule has 3 rings (SSSR count). The number of benzene rings is 2. The van der Waals surface area contributed by atoms with Gasteiger partial charge in [-0.15, -0.1) is 0 Å². The number of ether oxygens (including phenoxy) is 2. The van der Waals surface area contributed by atoms with Crippen LogP contribution in [-0.4, -0.2) is 12.5 Å². The Morgan fingerprint density at radius 2 is 2.08 bits per heavy atom. The number of amides is 1. The van der Waals surface area contributed by atoms with Gasteiger partial charge in [0.2, 0.25) is 0 Å². The molecule has 0 atom stereocenters. The molecule has 0 unspecified atom stereocenters. The van der Waals surface area contributed by atoms with Gasteiger partial charge in [-0.2, -0.15) is 0 Å². The fourth-order valence-corrected chi connectivity index (χ4v) is 2.70. The van der Waals surface area contributed by atoms with Crippen LogP contribution in [0.1, 0.15) is 12.5 Å². The average molecular weight is 386 g/mol. The zero-order chi connectivity index (χ0) is 16.9. The van der Waals surface area contributed by atoms with Crippen LogP contribution in [0.4, 0.5) is 5.69 Å². The van der Waals surface area contributed by atoms with E-state index >= 15 is 0 Å². The van der Waals surface area contributed by atoms with E-state index in [9.17, 15) is 4.79 Å². The third-order valence-electron chi connectivity index (χ3n) is 3.42. The van der Waals surface area contributed by atoms with Gasteiger partial charge in [-0.1, -0.05) is 28.1 Å². The zero-order valence-corrected chi connectivity index (χ0v) is 14.7. The first-order valence-electron chi connectivity index (χ1n) is 7.55. The summed E-state index contributed by atoms with van der Waals surface area (Å²) < 4.78 is 12.0. The Morgan fingerprint density at radius 1 is 1.25 bits per heavy atom. The van der Waals surface area contributed by atoms with Crippen molar-refractivity contribution in [3.63, 3.8) is 0 Å². The van der Waals surface area contributed by atoms with E-state index in [1.807, 2.05) is 49.4 Å². The second-order valence-corrected chi connectivity index (χ2v) is 6.00. The molecule has 1 aliphatic rings. The predicted molar refractivity (Wildman–Crippen MR) is 98.1 cm³/mol. The third-order valence-corrected chi connectivity index (χ3v) is 3.92. The first kappa shape index (κ1) is 16.3. The van der Waals surface area contributed by atoms with Gasteiger partial charge in [0, 0.05) is 15.6 Å². The fourth-order valence-electron chi connectivity index (χ4n) is 2.32. The summed E-state index contributed by atoms with van der Waals surface area (Å²) in [7, 11) is 0. The largest absolute Gasteiger partial charge is 0.492 e. The van der Waals surface area contributed by atoms with Gasteiger partial charge in [0.25, 0.3) is 5.91 Å². The molecule has 1 aliphatic heterocycles. The van der Waals surface area contributed by atoms with Gasteiger partial charge >= 0.3 is 0 Å². The monoisotopic (exact) mass is 385 g/mol. The lowest BCUT2D eigenvalue weighted by Gasteiger charge is -2.11. The molecule has 2 aromatic carbocycles. The maximum atomic E-state index is 12.6. The number of hydrogen-bond donors (Lipinski definition) is 1. The van der Waals surface area contributed by atoms with E-state index < -0.39 is 0 Å². The maximum Gasteiger partial charge on any atom is 0.255 e. The molecule has 1 N–H and O–H groups in total. The van der Waals surface area contributed by atoms with Gasteiger partial charge in [-0.3, -0.25) is 4.79 Å². The normalized spacial score (nSPS) is 12.5. The molecule has 0 radical (unpaired) electrons. The molecule has 0 saturated heterocycles. The Morgan fingerprint density at radius 3 is 2.92 bits per heavy atom. The Bertz CT molecular complexity index is 827. The lowest BCUT2D eigenvalue weighted by atomic mass is 10.1. The van der Waals surface area contributed by atoms with Crippen LogP contribution in [0, 0.1) is 0 Å². The van der Waals surface area contributed by atoms with E-state index in [1.165, 1.54) is 6.26 Å². The standard InChI is InChI=1S/C19H16BrNO3/c1-2-23-18-6-4-3-5-16(18)21-19(22)13-9-10-24-17-8-7-15(20)12-14(17)11-13/h3-12H,2H2,1H3,(H,21,22). The van der Waals surface area contributed by atoms with Crippen molar-refractivity contribution in [2.45, 2.75) is 6.92 Å². The molecule has 1 heterocycles. The third kappa shape index (κ3) is 3.68. The van der Waals surface area contributed by atoms with Crippen molar-refractivity contribution in [1.82, 2.24) is 0 Å². The second-order valence-electron chi connectivity index (χ2n) is 5.09. The van der Waals surface area contributed by atoms with Crippen molar-refractivity contribution in [3.05, 3.63) is 70.4 Å². The lowest BCUT2D eigenvalue weighted by molar-refractivity contribution is -0.112. The number of carbonyl (C=O) groups excluding carboxylic acids is 1. The van der Waals surface area contributed by atoms with Crippen LogP contribution in [0.15, 0.2) is 64.8 Å². The number of hydrogen-bond acceptors (Lipinski definition) is 3. The number of para-hydroxylation sites is 2. The van der Waals surface area contributed by atoms with Gasteiger partial charge in [0.05, 0.1) is 18.6 Å². The van der Waals surface area contributed by atoms with Crippen LogP contribution in [-0.2, 0) is 4.79 Å². The van der Waals surface area contributed by atoms with Crippen LogP contribution in [0.2, 0.25) is 0 Å². The Hall–Kier alpha value is -2.53. The predicted octanol–water partition coefficient (Wildman–Crippen LogP) is 4.78. The molecular weight excluding hydrogens is 370 g/mol. The van der Waals surface area contributed by atoms with Crippen molar-refractivity contribution < 1.29 is 14.3 Å². The molecule has 0 bridgehead atoms. The molecule has 0 saturated carbocycles. The van der Waals surface area contributed by atoms with Crippen molar-refractivity contribution in [1.29, 1.82) is 0 Å². The highest BCUT2D eigenvalue weighted by Gasteiger charge is 2.14. The molecule has 0 spiro atoms. The second kappa shape index (κ2) is 7.36. The molecule has 122 valence electrons. The topological polar surface area (TPSA) is 47.6 Å². The molecule has 0 fully saturated rings. The molecular formula is C19H16BrNO3. The van der Waals surface area contributed by atoms with Crippen molar-refractivity contribution in [2.24, 2.45) is 0 Å². The van der Waals surface area contributed by atoms with Gasteiger partial charge < -0.3 is 14.8 Å². The molecule has 2 aromatic rings. The minimum atomic E-state index is -0.227. The summed E-state index contributed by atoms with van der Waals surface area (Å²) >= 11 is 3.43. The fraction of sp³-hybridized carbons (Fsp3) is 0.105. The molecule has 0 aromatic heterocycles. The highest BCUT2D eigenvalue weighted by atomic mass is 79.9. The highest BCUT2D eigenvalue weighted by molar-refractivity contribution is 9.10. The summed E-state index contributed by atoms with van der Waals surface area (Å²) in [5.74, 6) is 1.12. The summed E-state index contributed by atoms with van der Waals surface area (Å²) in [6.45, 7) is 2.44. The van der Waals surface area contributed by atoms with Crippen LogP contribution < -0.4 is 14.8 Å². The van der Waals surface area contributed by atoms with Crippen LogP contribution in [0.25, 0.3) is 6.08 Å². The maximum absolute atomic E-state index is 12.6. The molecule has 1 amide bonds. The van der Waals surface area contributed by atoms with E-state index in [0.29, 0.717) is 29.4 Å². The number of nitrogens with one attached hydrogen (secondary N) is 1.